The fraction of sp³-hybridized carbons (Fsp3) is 0.769. The lowest BCUT2D eigenvalue weighted by molar-refractivity contribution is -0.106. The van der Waals surface area contributed by atoms with Crippen LogP contribution in [-0.4, -0.2) is 52.9 Å². The number of morpholine rings is 1. The van der Waals surface area contributed by atoms with Crippen molar-refractivity contribution in [1.29, 1.82) is 0 Å². The zero-order chi connectivity index (χ0) is 15.0. The SMILES string of the molecule is Nc1cnn(C2CC(N3CCOCC3)CCC2(F)F)c1Cl. The van der Waals surface area contributed by atoms with Crippen molar-refractivity contribution in [3.63, 3.8) is 0 Å². The van der Waals surface area contributed by atoms with Gasteiger partial charge in [-0.1, -0.05) is 11.6 Å². The van der Waals surface area contributed by atoms with Crippen molar-refractivity contribution in [2.75, 3.05) is 32.0 Å². The second-order valence-corrected chi connectivity index (χ2v) is 6.05. The van der Waals surface area contributed by atoms with Gasteiger partial charge in [0.1, 0.15) is 6.04 Å². The lowest BCUT2D eigenvalue weighted by Gasteiger charge is -2.42. The van der Waals surface area contributed by atoms with E-state index in [1.54, 1.807) is 0 Å². The Morgan fingerprint density at radius 2 is 2.10 bits per heavy atom. The minimum Gasteiger partial charge on any atom is -0.395 e. The van der Waals surface area contributed by atoms with Gasteiger partial charge in [-0.25, -0.2) is 13.5 Å². The van der Waals surface area contributed by atoms with Crippen LogP contribution in [0.4, 0.5) is 14.5 Å². The molecular formula is C13H19ClF2N4O. The molecule has 0 radical (unpaired) electrons. The summed E-state index contributed by atoms with van der Waals surface area (Å²) in [6.07, 6.45) is 1.98. The number of nitrogens with zero attached hydrogens (tertiary/aromatic N) is 3. The average Bonchev–Trinajstić information content (AvgIpc) is 2.80. The van der Waals surface area contributed by atoms with Gasteiger partial charge >= 0.3 is 0 Å². The standard InChI is InChI=1S/C13H19ClF2N4O/c14-12-10(17)8-18-20(12)11-7-9(1-2-13(11,15)16)19-3-5-21-6-4-19/h8-9,11H,1-7,17H2. The van der Waals surface area contributed by atoms with Gasteiger partial charge in [0.2, 0.25) is 0 Å². The van der Waals surface area contributed by atoms with Gasteiger partial charge in [-0.15, -0.1) is 0 Å². The predicted molar refractivity (Wildman–Crippen MR) is 75.7 cm³/mol. The lowest BCUT2D eigenvalue weighted by Crippen LogP contribution is -2.49. The van der Waals surface area contributed by atoms with Crippen LogP contribution in [0, 0.1) is 0 Å². The van der Waals surface area contributed by atoms with Crippen molar-refractivity contribution in [1.82, 2.24) is 14.7 Å². The Morgan fingerprint density at radius 1 is 1.38 bits per heavy atom. The van der Waals surface area contributed by atoms with Crippen molar-refractivity contribution < 1.29 is 13.5 Å². The Hall–Kier alpha value is -0.920. The van der Waals surface area contributed by atoms with Gasteiger partial charge in [0.15, 0.2) is 5.15 Å². The molecule has 2 aliphatic rings. The first-order chi connectivity index (χ1) is 9.99. The van der Waals surface area contributed by atoms with Crippen LogP contribution < -0.4 is 5.73 Å². The Morgan fingerprint density at radius 3 is 2.71 bits per heavy atom. The van der Waals surface area contributed by atoms with Gasteiger partial charge in [0.25, 0.3) is 5.92 Å². The van der Waals surface area contributed by atoms with Crippen LogP contribution in [0.5, 0.6) is 0 Å². The number of nitrogen functional groups attached to an aromatic ring is 1. The fourth-order valence-electron chi connectivity index (χ4n) is 3.20. The summed E-state index contributed by atoms with van der Waals surface area (Å²) < 4.78 is 35.1. The Bertz CT molecular complexity index is 504. The van der Waals surface area contributed by atoms with Gasteiger partial charge in [-0.3, -0.25) is 4.90 Å². The molecule has 2 fully saturated rings. The van der Waals surface area contributed by atoms with Gasteiger partial charge in [-0.2, -0.15) is 5.10 Å². The second kappa shape index (κ2) is 5.70. The van der Waals surface area contributed by atoms with Crippen molar-refractivity contribution in [3.05, 3.63) is 11.3 Å². The highest BCUT2D eigenvalue weighted by Gasteiger charge is 2.48. The maximum absolute atomic E-state index is 14.3. The highest BCUT2D eigenvalue weighted by Crippen LogP contribution is 2.44. The normalized spacial score (nSPS) is 30.4. The molecule has 2 heterocycles. The monoisotopic (exact) mass is 320 g/mol. The Labute approximate surface area is 127 Å². The van der Waals surface area contributed by atoms with Crippen LogP contribution in [0.1, 0.15) is 25.3 Å². The number of alkyl halides is 2. The molecule has 0 bridgehead atoms. The van der Waals surface area contributed by atoms with E-state index >= 15 is 0 Å². The first kappa shape index (κ1) is 15.0. The van der Waals surface area contributed by atoms with Gasteiger partial charge in [0.05, 0.1) is 25.1 Å². The zero-order valence-electron chi connectivity index (χ0n) is 11.6. The quantitative estimate of drug-likeness (QED) is 0.907. The van der Waals surface area contributed by atoms with Crippen LogP contribution >= 0.6 is 11.6 Å². The third-order valence-corrected chi connectivity index (χ3v) is 4.80. The van der Waals surface area contributed by atoms with Crippen LogP contribution in [0.15, 0.2) is 6.20 Å². The lowest BCUT2D eigenvalue weighted by atomic mass is 9.86. The number of hydrogen-bond donors (Lipinski definition) is 1. The molecule has 5 nitrogen and oxygen atoms in total. The van der Waals surface area contributed by atoms with E-state index in [2.05, 4.69) is 10.00 Å². The number of hydrogen-bond acceptors (Lipinski definition) is 4. The van der Waals surface area contributed by atoms with Gasteiger partial charge < -0.3 is 10.5 Å². The Kier molecular flexibility index (Phi) is 4.07. The Balaban J connectivity index is 1.80. The molecule has 2 atom stereocenters. The van der Waals surface area contributed by atoms with Crippen LogP contribution in [-0.2, 0) is 4.74 Å². The molecule has 0 spiro atoms. The number of nitrogens with two attached hydrogens (primary N) is 1. The van der Waals surface area contributed by atoms with E-state index in [1.807, 2.05) is 0 Å². The number of aromatic nitrogens is 2. The van der Waals surface area contributed by atoms with Gasteiger partial charge in [-0.05, 0) is 12.8 Å². The van der Waals surface area contributed by atoms with Crippen molar-refractivity contribution in [2.45, 2.75) is 37.3 Å². The number of halogens is 3. The van der Waals surface area contributed by atoms with E-state index in [9.17, 15) is 8.78 Å². The summed E-state index contributed by atoms with van der Waals surface area (Å²) in [5, 5.41) is 4.05. The summed E-state index contributed by atoms with van der Waals surface area (Å²) in [6, 6.07) is -0.927. The third kappa shape index (κ3) is 2.86. The van der Waals surface area contributed by atoms with E-state index in [1.165, 1.54) is 10.9 Å². The molecule has 1 aromatic heterocycles. The fourth-order valence-corrected chi connectivity index (χ4v) is 3.41. The van der Waals surface area contributed by atoms with Crippen molar-refractivity contribution >= 4 is 17.3 Å². The summed E-state index contributed by atoms with van der Waals surface area (Å²) in [5.41, 5.74) is 5.86. The zero-order valence-corrected chi connectivity index (χ0v) is 12.4. The maximum Gasteiger partial charge on any atom is 0.270 e. The third-order valence-electron chi connectivity index (χ3n) is 4.41. The van der Waals surface area contributed by atoms with Crippen molar-refractivity contribution in [2.24, 2.45) is 0 Å². The molecule has 1 aliphatic heterocycles. The minimum atomic E-state index is -2.81. The van der Waals surface area contributed by atoms with E-state index in [4.69, 9.17) is 22.1 Å². The van der Waals surface area contributed by atoms with Crippen molar-refractivity contribution in [3.8, 4) is 0 Å². The van der Waals surface area contributed by atoms with Crippen LogP contribution in [0.25, 0.3) is 0 Å². The number of anilines is 1. The van der Waals surface area contributed by atoms with Crippen LogP contribution in [0.2, 0.25) is 5.15 Å². The van der Waals surface area contributed by atoms with Crippen LogP contribution in [0.3, 0.4) is 0 Å². The van der Waals surface area contributed by atoms with E-state index < -0.39 is 12.0 Å². The second-order valence-electron chi connectivity index (χ2n) is 5.69. The largest absolute Gasteiger partial charge is 0.395 e. The molecule has 8 heteroatoms. The topological polar surface area (TPSA) is 56.3 Å². The highest BCUT2D eigenvalue weighted by atomic mass is 35.5. The summed E-state index contributed by atoms with van der Waals surface area (Å²) in [6.45, 7) is 2.90. The predicted octanol–water partition coefficient (Wildman–Crippen LogP) is 2.18. The number of ether oxygens (including phenoxy) is 1. The average molecular weight is 321 g/mol. The molecule has 1 saturated heterocycles. The molecule has 2 unspecified atom stereocenters. The molecule has 1 saturated carbocycles. The molecule has 118 valence electrons. The first-order valence-corrected chi connectivity index (χ1v) is 7.55. The van der Waals surface area contributed by atoms with E-state index in [-0.39, 0.29) is 23.3 Å². The van der Waals surface area contributed by atoms with E-state index in [0.29, 0.717) is 26.1 Å². The van der Waals surface area contributed by atoms with Gasteiger partial charge in [0, 0.05) is 25.6 Å². The van der Waals surface area contributed by atoms with E-state index in [0.717, 1.165) is 13.1 Å². The molecule has 1 aromatic rings. The highest BCUT2D eigenvalue weighted by molar-refractivity contribution is 6.32. The smallest absolute Gasteiger partial charge is 0.270 e. The summed E-state index contributed by atoms with van der Waals surface area (Å²) in [4.78, 5) is 2.23. The molecule has 0 amide bonds. The summed E-state index contributed by atoms with van der Waals surface area (Å²) >= 11 is 6.01. The summed E-state index contributed by atoms with van der Waals surface area (Å²) in [7, 11) is 0. The molecule has 3 rings (SSSR count). The summed E-state index contributed by atoms with van der Waals surface area (Å²) in [5.74, 6) is -2.81. The minimum absolute atomic E-state index is 0.0994. The molecular weight excluding hydrogens is 302 g/mol. The molecule has 21 heavy (non-hydrogen) atoms. The number of rotatable bonds is 2. The molecule has 1 aliphatic carbocycles. The maximum atomic E-state index is 14.3. The molecule has 0 aromatic carbocycles. The molecule has 2 N–H and O–H groups in total. The first-order valence-electron chi connectivity index (χ1n) is 7.17.